The van der Waals surface area contributed by atoms with Crippen LogP contribution in [-0.2, 0) is 12.4 Å². The number of nitrogens with zero attached hydrogens (tertiary/aromatic N) is 1. The summed E-state index contributed by atoms with van der Waals surface area (Å²) in [5.74, 6) is 0. The van der Waals surface area contributed by atoms with Gasteiger partial charge in [-0.1, -0.05) is 6.07 Å². The van der Waals surface area contributed by atoms with E-state index in [-0.39, 0.29) is 16.8 Å². The fraction of sp³-hybridized carbons (Fsp3) is 0.214. The quantitative estimate of drug-likeness (QED) is 0.668. The van der Waals surface area contributed by atoms with Crippen molar-refractivity contribution < 1.29 is 26.3 Å². The van der Waals surface area contributed by atoms with Gasteiger partial charge in [0.1, 0.15) is 0 Å². The van der Waals surface area contributed by atoms with E-state index >= 15 is 0 Å². The lowest BCUT2D eigenvalue weighted by Gasteiger charge is -2.12. The molecule has 1 aromatic carbocycles. The molecule has 0 unspecified atom stereocenters. The average Bonchev–Trinajstić information content (AvgIpc) is 2.36. The summed E-state index contributed by atoms with van der Waals surface area (Å²) in [6.07, 6.45) is -8.04. The van der Waals surface area contributed by atoms with Crippen LogP contribution in [0.3, 0.4) is 0 Å². The maximum absolute atomic E-state index is 12.6. The molecule has 112 valence electrons. The largest absolute Gasteiger partial charge is 0.416 e. The first kappa shape index (κ1) is 15.3. The van der Waals surface area contributed by atoms with Gasteiger partial charge in [-0.2, -0.15) is 26.3 Å². The van der Waals surface area contributed by atoms with Gasteiger partial charge in [0.05, 0.1) is 16.8 Å². The van der Waals surface area contributed by atoms with Crippen LogP contribution < -0.4 is 0 Å². The molecule has 1 heterocycles. The summed E-state index contributed by atoms with van der Waals surface area (Å²) in [5, 5.41) is 0. The van der Waals surface area contributed by atoms with E-state index in [9.17, 15) is 26.3 Å². The van der Waals surface area contributed by atoms with Crippen molar-refractivity contribution in [1.29, 1.82) is 0 Å². The summed E-state index contributed by atoms with van der Waals surface area (Å²) in [4.78, 5) is 3.79. The minimum absolute atomic E-state index is 0.0175. The molecule has 0 fully saturated rings. The van der Waals surface area contributed by atoms with Gasteiger partial charge in [-0.25, -0.2) is 0 Å². The van der Waals surface area contributed by atoms with Crippen LogP contribution in [0.1, 0.15) is 16.7 Å². The predicted octanol–water partition coefficient (Wildman–Crippen LogP) is 5.09. The Kier molecular flexibility index (Phi) is 3.69. The summed E-state index contributed by atoms with van der Waals surface area (Å²) < 4.78 is 75.6. The van der Waals surface area contributed by atoms with E-state index in [1.807, 2.05) is 0 Å². The first-order valence-electron chi connectivity index (χ1n) is 5.80. The molecule has 2 rings (SSSR count). The van der Waals surface area contributed by atoms with Crippen LogP contribution in [0.4, 0.5) is 26.3 Å². The summed E-state index contributed by atoms with van der Waals surface area (Å²) in [7, 11) is 0. The van der Waals surface area contributed by atoms with Crippen LogP contribution in [-0.4, -0.2) is 4.98 Å². The van der Waals surface area contributed by atoms with Gasteiger partial charge in [0, 0.05) is 11.8 Å². The Morgan fingerprint density at radius 1 is 0.810 bits per heavy atom. The van der Waals surface area contributed by atoms with Crippen LogP contribution in [0.25, 0.3) is 11.3 Å². The SMILES string of the molecule is Cc1cc(C(F)(F)F)ccc1-c1cc(C(F)(F)F)ccn1. The molecule has 0 aliphatic rings. The van der Waals surface area contributed by atoms with Gasteiger partial charge in [-0.15, -0.1) is 0 Å². The van der Waals surface area contributed by atoms with Crippen LogP contribution >= 0.6 is 0 Å². The highest BCUT2D eigenvalue weighted by Crippen LogP contribution is 2.34. The molecular formula is C14H9F6N. The highest BCUT2D eigenvalue weighted by molar-refractivity contribution is 5.64. The Morgan fingerprint density at radius 2 is 1.38 bits per heavy atom. The van der Waals surface area contributed by atoms with Crippen LogP contribution in [0.5, 0.6) is 0 Å². The van der Waals surface area contributed by atoms with Crippen molar-refractivity contribution in [3.63, 3.8) is 0 Å². The van der Waals surface area contributed by atoms with E-state index in [0.717, 1.165) is 36.5 Å². The van der Waals surface area contributed by atoms with Crippen LogP contribution in [0, 0.1) is 6.92 Å². The number of aryl methyl sites for hydroxylation is 1. The van der Waals surface area contributed by atoms with Gasteiger partial charge >= 0.3 is 12.4 Å². The molecule has 0 amide bonds. The molecule has 2 aromatic rings. The van der Waals surface area contributed by atoms with E-state index in [1.165, 1.54) is 6.92 Å². The zero-order chi connectivity index (χ0) is 15.8. The smallest absolute Gasteiger partial charge is 0.256 e. The van der Waals surface area contributed by atoms with Gasteiger partial charge in [-0.3, -0.25) is 4.98 Å². The number of benzene rings is 1. The minimum atomic E-state index is -4.53. The van der Waals surface area contributed by atoms with Gasteiger partial charge in [-0.05, 0) is 36.8 Å². The van der Waals surface area contributed by atoms with Gasteiger partial charge in [0.15, 0.2) is 0 Å². The first-order chi connectivity index (χ1) is 9.59. The van der Waals surface area contributed by atoms with E-state index in [1.54, 1.807) is 0 Å². The highest BCUT2D eigenvalue weighted by Gasteiger charge is 2.32. The Hall–Kier alpha value is -2.05. The van der Waals surface area contributed by atoms with Crippen molar-refractivity contribution >= 4 is 0 Å². The number of hydrogen-bond acceptors (Lipinski definition) is 1. The molecule has 0 aliphatic carbocycles. The van der Waals surface area contributed by atoms with Gasteiger partial charge in [0.25, 0.3) is 0 Å². The highest BCUT2D eigenvalue weighted by atomic mass is 19.4. The molecule has 0 saturated carbocycles. The number of aromatic nitrogens is 1. The third-order valence-electron chi connectivity index (χ3n) is 2.92. The number of pyridine rings is 1. The molecule has 0 saturated heterocycles. The fourth-order valence-corrected chi connectivity index (χ4v) is 1.88. The normalized spacial score (nSPS) is 12.5. The number of alkyl halides is 6. The second kappa shape index (κ2) is 5.05. The molecule has 0 spiro atoms. The van der Waals surface area contributed by atoms with Crippen molar-refractivity contribution in [2.45, 2.75) is 19.3 Å². The first-order valence-corrected chi connectivity index (χ1v) is 5.80. The van der Waals surface area contributed by atoms with Crippen molar-refractivity contribution in [2.75, 3.05) is 0 Å². The lowest BCUT2D eigenvalue weighted by atomic mass is 10.0. The molecule has 0 atom stereocenters. The lowest BCUT2D eigenvalue weighted by molar-refractivity contribution is -0.138. The van der Waals surface area contributed by atoms with Crippen LogP contribution in [0.2, 0.25) is 0 Å². The van der Waals surface area contributed by atoms with E-state index in [2.05, 4.69) is 4.98 Å². The zero-order valence-electron chi connectivity index (χ0n) is 10.7. The minimum Gasteiger partial charge on any atom is -0.256 e. The second-order valence-corrected chi connectivity index (χ2v) is 4.45. The standard InChI is InChI=1S/C14H9F6N/c1-8-6-9(13(15,16)17)2-3-11(8)12-7-10(4-5-21-12)14(18,19)20/h2-7H,1H3. The topological polar surface area (TPSA) is 12.9 Å². The summed E-state index contributed by atoms with van der Waals surface area (Å²) in [5.41, 5.74) is -1.33. The molecule has 0 aliphatic heterocycles. The average molecular weight is 305 g/mol. The van der Waals surface area contributed by atoms with E-state index < -0.39 is 23.5 Å². The second-order valence-electron chi connectivity index (χ2n) is 4.45. The van der Waals surface area contributed by atoms with Gasteiger partial charge in [0.2, 0.25) is 0 Å². The third-order valence-corrected chi connectivity index (χ3v) is 2.92. The van der Waals surface area contributed by atoms with E-state index in [0.29, 0.717) is 0 Å². The lowest BCUT2D eigenvalue weighted by Crippen LogP contribution is -2.06. The molecule has 1 aromatic heterocycles. The van der Waals surface area contributed by atoms with Crippen molar-refractivity contribution in [2.24, 2.45) is 0 Å². The fourth-order valence-electron chi connectivity index (χ4n) is 1.88. The molecule has 0 radical (unpaired) electrons. The predicted molar refractivity (Wildman–Crippen MR) is 64.4 cm³/mol. The summed E-state index contributed by atoms with van der Waals surface area (Å²) in [6, 6.07) is 4.46. The molecular weight excluding hydrogens is 296 g/mol. The molecule has 21 heavy (non-hydrogen) atoms. The van der Waals surface area contributed by atoms with E-state index in [4.69, 9.17) is 0 Å². The van der Waals surface area contributed by atoms with Gasteiger partial charge < -0.3 is 0 Å². The Labute approximate surface area is 116 Å². The monoisotopic (exact) mass is 305 g/mol. The van der Waals surface area contributed by atoms with Crippen LogP contribution in [0.15, 0.2) is 36.5 Å². The Balaban J connectivity index is 2.48. The van der Waals surface area contributed by atoms with Crippen molar-refractivity contribution in [1.82, 2.24) is 4.98 Å². The summed E-state index contributed by atoms with van der Waals surface area (Å²) >= 11 is 0. The molecule has 7 heteroatoms. The maximum atomic E-state index is 12.6. The number of rotatable bonds is 1. The van der Waals surface area contributed by atoms with Crippen molar-refractivity contribution in [3.05, 3.63) is 53.2 Å². The third kappa shape index (κ3) is 3.34. The molecule has 1 nitrogen and oxygen atoms in total. The molecule has 0 N–H and O–H groups in total. The summed E-state index contributed by atoms with van der Waals surface area (Å²) in [6.45, 7) is 1.40. The Morgan fingerprint density at radius 3 is 1.90 bits per heavy atom. The zero-order valence-corrected chi connectivity index (χ0v) is 10.7. The molecule has 0 bridgehead atoms. The number of hydrogen-bond donors (Lipinski definition) is 0. The maximum Gasteiger partial charge on any atom is 0.416 e. The Bertz CT molecular complexity index is 657. The number of halogens is 6. The van der Waals surface area contributed by atoms with Crippen molar-refractivity contribution in [3.8, 4) is 11.3 Å².